The van der Waals surface area contributed by atoms with Crippen molar-refractivity contribution >= 4 is 50.1 Å². The maximum Gasteiger partial charge on any atom is 0.265 e. The number of carbonyl (C=O) groups is 3. The van der Waals surface area contributed by atoms with E-state index in [0.717, 1.165) is 11.8 Å². The Hall–Kier alpha value is -2.29. The van der Waals surface area contributed by atoms with Crippen LogP contribution in [0.3, 0.4) is 0 Å². The summed E-state index contributed by atoms with van der Waals surface area (Å²) in [5, 5.41) is 4.22. The van der Waals surface area contributed by atoms with Crippen LogP contribution in [0.1, 0.15) is 53.8 Å². The molecule has 2 amide bonds. The molecule has 2 bridgehead atoms. The molecule has 3 aliphatic rings. The number of ketones is 1. The summed E-state index contributed by atoms with van der Waals surface area (Å²) in [6.07, 6.45) is 1.97. The SMILES string of the molecule is CC1(C)C2CCC1(CS(=O)(=O)O)C(=O)C2.O=C1NC(=O)c2ccc(Cl)c3cccc1c23. The van der Waals surface area contributed by atoms with Crippen LogP contribution in [0.4, 0.5) is 0 Å². The van der Waals surface area contributed by atoms with Gasteiger partial charge in [0.25, 0.3) is 21.9 Å². The second-order valence-electron chi connectivity index (χ2n) is 9.00. The van der Waals surface area contributed by atoms with Gasteiger partial charge in [-0.1, -0.05) is 37.6 Å². The lowest BCUT2D eigenvalue weighted by Crippen LogP contribution is -2.42. The van der Waals surface area contributed by atoms with Crippen molar-refractivity contribution in [3.63, 3.8) is 0 Å². The van der Waals surface area contributed by atoms with Crippen LogP contribution in [0.2, 0.25) is 5.02 Å². The van der Waals surface area contributed by atoms with Gasteiger partial charge in [0.2, 0.25) is 0 Å². The number of carbonyl (C=O) groups excluding carboxylic acids is 3. The highest BCUT2D eigenvalue weighted by Crippen LogP contribution is 2.64. The highest BCUT2D eigenvalue weighted by Gasteiger charge is 2.65. The van der Waals surface area contributed by atoms with E-state index in [4.69, 9.17) is 16.2 Å². The molecule has 0 aromatic heterocycles. The molecule has 9 heteroatoms. The zero-order valence-electron chi connectivity index (χ0n) is 17.1. The Bertz CT molecular complexity index is 1230. The summed E-state index contributed by atoms with van der Waals surface area (Å²) in [6.45, 7) is 3.89. The Morgan fingerprint density at radius 1 is 1.10 bits per heavy atom. The molecular formula is C22H22ClNO6S. The first-order valence-electron chi connectivity index (χ1n) is 9.93. The molecule has 2 aliphatic carbocycles. The van der Waals surface area contributed by atoms with Crippen molar-refractivity contribution in [2.24, 2.45) is 16.7 Å². The Morgan fingerprint density at radius 3 is 2.29 bits per heavy atom. The van der Waals surface area contributed by atoms with Crippen LogP contribution in [0.25, 0.3) is 10.8 Å². The highest BCUT2D eigenvalue weighted by molar-refractivity contribution is 7.85. The van der Waals surface area contributed by atoms with Gasteiger partial charge in [0.05, 0.1) is 11.2 Å². The topological polar surface area (TPSA) is 118 Å². The number of hydrogen-bond acceptors (Lipinski definition) is 5. The lowest BCUT2D eigenvalue weighted by Gasteiger charge is -2.35. The van der Waals surface area contributed by atoms with E-state index in [1.54, 1.807) is 30.3 Å². The fourth-order valence-electron chi connectivity index (χ4n) is 5.41. The van der Waals surface area contributed by atoms with Crippen molar-refractivity contribution in [1.82, 2.24) is 5.32 Å². The molecule has 5 rings (SSSR count). The first kappa shape index (κ1) is 21.9. The van der Waals surface area contributed by atoms with Crippen molar-refractivity contribution in [2.75, 3.05) is 5.75 Å². The summed E-state index contributed by atoms with van der Waals surface area (Å²) in [4.78, 5) is 35.1. The Labute approximate surface area is 184 Å². The van der Waals surface area contributed by atoms with E-state index in [1.165, 1.54) is 0 Å². The predicted molar refractivity (Wildman–Crippen MR) is 116 cm³/mol. The molecule has 2 aromatic rings. The number of amides is 2. The summed E-state index contributed by atoms with van der Waals surface area (Å²) < 4.78 is 31.0. The van der Waals surface area contributed by atoms with Gasteiger partial charge in [0.15, 0.2) is 0 Å². The number of Topliss-reactive ketones (excluding diaryl/α,β-unsaturated/α-hetero) is 1. The highest BCUT2D eigenvalue weighted by atomic mass is 35.5. The van der Waals surface area contributed by atoms with Gasteiger partial charge in [-0.3, -0.25) is 24.3 Å². The summed E-state index contributed by atoms with van der Waals surface area (Å²) in [7, 11) is -4.08. The molecule has 2 N–H and O–H groups in total. The van der Waals surface area contributed by atoms with Gasteiger partial charge in [-0.25, -0.2) is 0 Å². The van der Waals surface area contributed by atoms with E-state index in [0.29, 0.717) is 34.4 Å². The first-order valence-corrected chi connectivity index (χ1v) is 11.9. The van der Waals surface area contributed by atoms with Crippen LogP contribution in [-0.2, 0) is 14.9 Å². The average Bonchev–Trinajstić information content (AvgIpc) is 3.00. The maximum atomic E-state index is 11.9. The predicted octanol–water partition coefficient (Wildman–Crippen LogP) is 3.65. The van der Waals surface area contributed by atoms with Gasteiger partial charge in [-0.05, 0) is 42.4 Å². The minimum atomic E-state index is -4.08. The first-order chi connectivity index (χ1) is 14.4. The van der Waals surface area contributed by atoms with Crippen LogP contribution >= 0.6 is 11.6 Å². The molecule has 0 radical (unpaired) electrons. The molecule has 0 saturated heterocycles. The molecule has 2 fully saturated rings. The number of nitrogens with one attached hydrogen (secondary N) is 1. The molecule has 2 atom stereocenters. The van der Waals surface area contributed by atoms with Crippen molar-refractivity contribution in [3.05, 3.63) is 46.5 Å². The maximum absolute atomic E-state index is 11.9. The summed E-state index contributed by atoms with van der Waals surface area (Å²) in [6, 6.07) is 8.54. The van der Waals surface area contributed by atoms with Crippen LogP contribution in [0, 0.1) is 16.7 Å². The summed E-state index contributed by atoms with van der Waals surface area (Å²) >= 11 is 6.03. The quantitative estimate of drug-likeness (QED) is 0.518. The minimum Gasteiger partial charge on any atom is -0.299 e. The fraction of sp³-hybridized carbons (Fsp3) is 0.409. The van der Waals surface area contributed by atoms with Gasteiger partial charge in [0.1, 0.15) is 5.78 Å². The van der Waals surface area contributed by atoms with Gasteiger partial charge in [-0.15, -0.1) is 0 Å². The van der Waals surface area contributed by atoms with Crippen LogP contribution in [0.5, 0.6) is 0 Å². The normalized spacial score (nSPS) is 25.9. The molecule has 1 aliphatic heterocycles. The standard InChI is InChI=1S/C12H6ClNO2.C10H16O4S/c13-9-5-4-8-10-6(9)2-1-3-7(10)11(15)14-12(8)16;1-9(2)7-3-4-10(9,8(11)5-7)6-15(12,13)14/h1-5H,(H,14,15,16);7H,3-6H2,1-2H3,(H,12,13,14). The van der Waals surface area contributed by atoms with Gasteiger partial charge >= 0.3 is 0 Å². The van der Waals surface area contributed by atoms with E-state index >= 15 is 0 Å². The Balaban J connectivity index is 0.000000150. The van der Waals surface area contributed by atoms with Crippen LogP contribution in [0.15, 0.2) is 30.3 Å². The molecule has 31 heavy (non-hydrogen) atoms. The zero-order valence-corrected chi connectivity index (χ0v) is 18.6. The number of halogens is 1. The number of fused-ring (bicyclic) bond motifs is 2. The van der Waals surface area contributed by atoms with E-state index in [9.17, 15) is 22.8 Å². The largest absolute Gasteiger partial charge is 0.299 e. The summed E-state index contributed by atoms with van der Waals surface area (Å²) in [5.74, 6) is -0.841. The van der Waals surface area contributed by atoms with Crippen molar-refractivity contribution in [3.8, 4) is 0 Å². The second kappa shape index (κ2) is 7.12. The lowest BCUT2D eigenvalue weighted by molar-refractivity contribution is -0.128. The molecule has 2 saturated carbocycles. The Morgan fingerprint density at radius 2 is 1.74 bits per heavy atom. The summed E-state index contributed by atoms with van der Waals surface area (Å²) in [5.41, 5.74) is -0.130. The van der Waals surface area contributed by atoms with Crippen LogP contribution in [-0.4, -0.2) is 36.3 Å². The van der Waals surface area contributed by atoms with E-state index < -0.39 is 21.3 Å². The van der Waals surface area contributed by atoms with E-state index in [-0.39, 0.29) is 28.9 Å². The third-order valence-corrected chi connectivity index (χ3v) is 8.46. The number of rotatable bonds is 2. The van der Waals surface area contributed by atoms with Gasteiger partial charge in [-0.2, -0.15) is 8.42 Å². The molecule has 2 aromatic carbocycles. The van der Waals surface area contributed by atoms with E-state index in [2.05, 4.69) is 5.32 Å². The van der Waals surface area contributed by atoms with Gasteiger partial charge < -0.3 is 0 Å². The third kappa shape index (κ3) is 3.37. The lowest BCUT2D eigenvalue weighted by atomic mass is 9.70. The minimum absolute atomic E-state index is 0.0152. The average molecular weight is 464 g/mol. The smallest absolute Gasteiger partial charge is 0.265 e. The molecule has 1 heterocycles. The van der Waals surface area contributed by atoms with Crippen molar-refractivity contribution < 1.29 is 27.4 Å². The van der Waals surface area contributed by atoms with Crippen molar-refractivity contribution in [2.45, 2.75) is 33.1 Å². The molecule has 0 spiro atoms. The monoisotopic (exact) mass is 463 g/mol. The molecule has 2 unspecified atom stereocenters. The Kier molecular flexibility index (Phi) is 5.03. The molecular weight excluding hydrogens is 442 g/mol. The van der Waals surface area contributed by atoms with Crippen LogP contribution < -0.4 is 5.32 Å². The zero-order chi connectivity index (χ0) is 22.8. The van der Waals surface area contributed by atoms with Gasteiger partial charge in [0, 0.05) is 33.3 Å². The third-order valence-electron chi connectivity index (χ3n) is 7.27. The molecule has 164 valence electrons. The number of benzene rings is 2. The molecule has 7 nitrogen and oxygen atoms in total. The number of imide groups is 1. The van der Waals surface area contributed by atoms with Crippen molar-refractivity contribution in [1.29, 1.82) is 0 Å². The number of hydrogen-bond donors (Lipinski definition) is 2. The fourth-order valence-corrected chi connectivity index (χ4v) is 6.93. The van der Waals surface area contributed by atoms with E-state index in [1.807, 2.05) is 13.8 Å². The second-order valence-corrected chi connectivity index (χ2v) is 10.9.